The van der Waals surface area contributed by atoms with Gasteiger partial charge in [-0.25, -0.2) is 0 Å². The van der Waals surface area contributed by atoms with E-state index in [0.717, 1.165) is 6.08 Å². The minimum Gasteiger partial charge on any atom is -0.394 e. The van der Waals surface area contributed by atoms with E-state index in [1.54, 1.807) is 45.2 Å². The first-order valence-electron chi connectivity index (χ1n) is 8.48. The fourth-order valence-corrected chi connectivity index (χ4v) is 6.58. The second-order valence-electron chi connectivity index (χ2n) is 5.98. The molecule has 1 rings (SSSR count). The van der Waals surface area contributed by atoms with Gasteiger partial charge >= 0.3 is 0 Å². The van der Waals surface area contributed by atoms with Crippen molar-refractivity contribution in [3.63, 3.8) is 0 Å². The molecule has 0 fully saturated rings. The SMILES string of the molecule is C=CC(=O)Nc1c(I)c(C(=O)NCC(O)CO)c(I)c(C(=O)NC(CO)C(O)O)c1I. The molecule has 31 heavy (non-hydrogen) atoms. The molecule has 11 nitrogen and oxygen atoms in total. The number of carbonyl (C=O) groups excluding carboxylic acids is 3. The normalized spacial score (nSPS) is 12.8. The van der Waals surface area contributed by atoms with Crippen LogP contribution < -0.4 is 16.0 Å². The maximum Gasteiger partial charge on any atom is 0.254 e. The molecule has 0 aliphatic heterocycles. The van der Waals surface area contributed by atoms with E-state index in [1.165, 1.54) is 0 Å². The van der Waals surface area contributed by atoms with Crippen molar-refractivity contribution in [3.05, 3.63) is 34.5 Å². The van der Waals surface area contributed by atoms with Crippen LogP contribution in [-0.2, 0) is 4.79 Å². The van der Waals surface area contributed by atoms with Crippen LogP contribution in [-0.4, -0.2) is 81.4 Å². The van der Waals surface area contributed by atoms with Gasteiger partial charge in [-0.05, 0) is 73.8 Å². The molecule has 0 spiro atoms. The van der Waals surface area contributed by atoms with Crippen LogP contribution in [0.15, 0.2) is 12.7 Å². The molecule has 3 amide bonds. The second kappa shape index (κ2) is 13.2. The quantitative estimate of drug-likeness (QED) is 0.0855. The van der Waals surface area contributed by atoms with Crippen molar-refractivity contribution >= 4 is 91.2 Å². The Morgan fingerprint density at radius 3 is 1.94 bits per heavy atom. The van der Waals surface area contributed by atoms with E-state index >= 15 is 0 Å². The van der Waals surface area contributed by atoms with Crippen molar-refractivity contribution in [1.82, 2.24) is 10.6 Å². The summed E-state index contributed by atoms with van der Waals surface area (Å²) in [7, 11) is 0. The van der Waals surface area contributed by atoms with Crippen molar-refractivity contribution in [2.45, 2.75) is 18.4 Å². The smallest absolute Gasteiger partial charge is 0.254 e. The van der Waals surface area contributed by atoms with E-state index in [9.17, 15) is 34.8 Å². The molecule has 14 heteroatoms. The van der Waals surface area contributed by atoms with Crippen LogP contribution in [0, 0.1) is 10.7 Å². The lowest BCUT2D eigenvalue weighted by Crippen LogP contribution is -2.46. The third-order valence-electron chi connectivity index (χ3n) is 3.79. The maximum absolute atomic E-state index is 12.9. The standard InChI is InChI=1S/C17H20I3N3O8/c1-2-8(27)23-14-12(19)9(15(28)21-3-6(26)4-24)11(18)10(13(14)20)16(29)22-7(5-25)17(30)31/h2,6-7,17,24-26,30-31H,1,3-5H2,(H,21,28)(H,22,29)(H,23,27). The summed E-state index contributed by atoms with van der Waals surface area (Å²) in [4.78, 5) is 37.6. The van der Waals surface area contributed by atoms with E-state index in [4.69, 9.17) is 5.11 Å². The summed E-state index contributed by atoms with van der Waals surface area (Å²) in [6.07, 6.45) is -2.22. The molecular weight excluding hydrogens is 755 g/mol. The van der Waals surface area contributed by atoms with Crippen molar-refractivity contribution in [2.24, 2.45) is 0 Å². The predicted octanol–water partition coefficient (Wildman–Crippen LogP) is -0.891. The number of aliphatic hydroxyl groups excluding tert-OH is 4. The van der Waals surface area contributed by atoms with Gasteiger partial charge in [0, 0.05) is 10.1 Å². The summed E-state index contributed by atoms with van der Waals surface area (Å²) in [5, 5.41) is 53.5. The van der Waals surface area contributed by atoms with Gasteiger partial charge in [0.2, 0.25) is 5.91 Å². The second-order valence-corrected chi connectivity index (χ2v) is 9.22. The van der Waals surface area contributed by atoms with Gasteiger partial charge in [0.25, 0.3) is 11.8 Å². The minimum absolute atomic E-state index is 0.0152. The van der Waals surface area contributed by atoms with Gasteiger partial charge in [-0.15, -0.1) is 0 Å². The lowest BCUT2D eigenvalue weighted by atomic mass is 10.1. The number of benzene rings is 1. The molecule has 8 N–H and O–H groups in total. The fourth-order valence-electron chi connectivity index (χ4n) is 2.17. The molecule has 0 bridgehead atoms. The molecular formula is C17H20I3N3O8. The number of aliphatic hydroxyl groups is 5. The van der Waals surface area contributed by atoms with Crippen molar-refractivity contribution in [1.29, 1.82) is 0 Å². The summed E-state index contributed by atoms with van der Waals surface area (Å²) >= 11 is 5.38. The molecule has 1 aromatic rings. The van der Waals surface area contributed by atoms with Gasteiger partial charge in [0.05, 0.1) is 43.3 Å². The number of nitrogens with one attached hydrogen (secondary N) is 3. The highest BCUT2D eigenvalue weighted by Crippen LogP contribution is 2.36. The van der Waals surface area contributed by atoms with Crippen LogP contribution in [0.5, 0.6) is 0 Å². The molecule has 1 aromatic carbocycles. The highest BCUT2D eigenvalue weighted by molar-refractivity contribution is 14.1. The third kappa shape index (κ3) is 7.44. The third-order valence-corrected chi connectivity index (χ3v) is 7.02. The molecule has 172 valence electrons. The maximum atomic E-state index is 12.9. The average molecular weight is 775 g/mol. The van der Waals surface area contributed by atoms with Crippen LogP contribution in [0.2, 0.25) is 0 Å². The zero-order valence-electron chi connectivity index (χ0n) is 15.7. The number of anilines is 1. The molecule has 0 saturated heterocycles. The van der Waals surface area contributed by atoms with Gasteiger partial charge in [-0.2, -0.15) is 0 Å². The van der Waals surface area contributed by atoms with Crippen LogP contribution in [0.3, 0.4) is 0 Å². The Balaban J connectivity index is 3.59. The lowest BCUT2D eigenvalue weighted by molar-refractivity contribution is -0.111. The van der Waals surface area contributed by atoms with Crippen molar-refractivity contribution < 1.29 is 39.9 Å². The van der Waals surface area contributed by atoms with Crippen LogP contribution >= 0.6 is 67.8 Å². The Morgan fingerprint density at radius 1 is 0.935 bits per heavy atom. The van der Waals surface area contributed by atoms with Crippen LogP contribution in [0.25, 0.3) is 0 Å². The Morgan fingerprint density at radius 2 is 1.48 bits per heavy atom. The topological polar surface area (TPSA) is 188 Å². The summed E-state index contributed by atoms with van der Waals surface area (Å²) < 4.78 is 0.741. The van der Waals surface area contributed by atoms with Gasteiger partial charge < -0.3 is 41.5 Å². The first-order valence-corrected chi connectivity index (χ1v) is 11.7. The van der Waals surface area contributed by atoms with E-state index in [1.807, 2.05) is 22.6 Å². The molecule has 2 unspecified atom stereocenters. The summed E-state index contributed by atoms with van der Waals surface area (Å²) in [5.74, 6) is -2.10. The summed E-state index contributed by atoms with van der Waals surface area (Å²) in [6.45, 7) is 1.78. The molecule has 0 radical (unpaired) electrons. The number of rotatable bonds is 10. The number of halogens is 3. The van der Waals surface area contributed by atoms with E-state index in [0.29, 0.717) is 3.57 Å². The zero-order valence-corrected chi connectivity index (χ0v) is 22.2. The molecule has 0 heterocycles. The first kappa shape index (κ1) is 28.4. The lowest BCUT2D eigenvalue weighted by Gasteiger charge is -2.22. The van der Waals surface area contributed by atoms with Crippen LogP contribution in [0.1, 0.15) is 20.7 Å². The fraction of sp³-hybridized carbons (Fsp3) is 0.353. The van der Waals surface area contributed by atoms with E-state index in [-0.39, 0.29) is 30.5 Å². The highest BCUT2D eigenvalue weighted by Gasteiger charge is 2.30. The van der Waals surface area contributed by atoms with Crippen molar-refractivity contribution in [3.8, 4) is 0 Å². The average Bonchev–Trinajstić information content (AvgIpc) is 2.72. The van der Waals surface area contributed by atoms with Crippen molar-refractivity contribution in [2.75, 3.05) is 25.1 Å². The molecule has 0 aliphatic rings. The van der Waals surface area contributed by atoms with Gasteiger partial charge in [-0.3, -0.25) is 14.4 Å². The predicted molar refractivity (Wildman–Crippen MR) is 135 cm³/mol. The largest absolute Gasteiger partial charge is 0.394 e. The zero-order chi connectivity index (χ0) is 23.9. The minimum atomic E-state index is -2.03. The molecule has 0 saturated carbocycles. The Bertz CT molecular complexity index is 866. The van der Waals surface area contributed by atoms with Gasteiger partial charge in [-0.1, -0.05) is 6.58 Å². The number of hydrogen-bond donors (Lipinski definition) is 8. The monoisotopic (exact) mass is 775 g/mol. The van der Waals surface area contributed by atoms with E-state index < -0.39 is 49.4 Å². The molecule has 2 atom stereocenters. The Hall–Kier alpha value is -0.640. The molecule has 0 aromatic heterocycles. The Labute approximate surface area is 218 Å². The van der Waals surface area contributed by atoms with Gasteiger partial charge in [0.15, 0.2) is 6.29 Å². The summed E-state index contributed by atoms with van der Waals surface area (Å²) in [6, 6.07) is -1.39. The van der Waals surface area contributed by atoms with Crippen LogP contribution in [0.4, 0.5) is 5.69 Å². The Kier molecular flexibility index (Phi) is 12.1. The van der Waals surface area contributed by atoms with Gasteiger partial charge in [0.1, 0.15) is 6.04 Å². The number of amides is 3. The number of carbonyl (C=O) groups is 3. The number of hydrogen-bond acceptors (Lipinski definition) is 8. The summed E-state index contributed by atoms with van der Waals surface area (Å²) in [5.41, 5.74) is 0.115. The molecule has 0 aliphatic carbocycles. The van der Waals surface area contributed by atoms with E-state index in [2.05, 4.69) is 22.5 Å². The highest BCUT2D eigenvalue weighted by atomic mass is 127. The first-order chi connectivity index (χ1) is 14.5.